The molecule has 0 atom stereocenters. The van der Waals surface area contributed by atoms with Crippen LogP contribution in [0.25, 0.3) is 5.57 Å². The zero-order chi connectivity index (χ0) is 11.8. The molecule has 0 bridgehead atoms. The van der Waals surface area contributed by atoms with Crippen LogP contribution in [-0.4, -0.2) is 12.1 Å². The molecule has 0 radical (unpaired) electrons. The van der Waals surface area contributed by atoms with E-state index >= 15 is 0 Å². The minimum atomic E-state index is 0. The van der Waals surface area contributed by atoms with Crippen molar-refractivity contribution in [1.82, 2.24) is 0 Å². The average molecular weight is 254 g/mol. The molecule has 0 saturated carbocycles. The third-order valence-electron chi connectivity index (χ3n) is 2.76. The Kier molecular flexibility index (Phi) is 4.10. The normalized spacial score (nSPS) is 16.1. The topological polar surface area (TPSA) is 21.3 Å². The van der Waals surface area contributed by atoms with Gasteiger partial charge in [-0.05, 0) is 51.5 Å². The molecule has 0 spiro atoms. The van der Waals surface area contributed by atoms with Crippen LogP contribution in [0.3, 0.4) is 0 Å². The Balaban J connectivity index is 0.00000144. The van der Waals surface area contributed by atoms with Crippen LogP contribution >= 0.6 is 12.4 Å². The van der Waals surface area contributed by atoms with Crippen LogP contribution in [0.4, 0.5) is 5.69 Å². The van der Waals surface area contributed by atoms with Gasteiger partial charge in [0, 0.05) is 11.3 Å². The van der Waals surface area contributed by atoms with Crippen molar-refractivity contribution in [2.24, 2.45) is 0 Å². The van der Waals surface area contributed by atoms with Gasteiger partial charge in [0.15, 0.2) is 0 Å². The van der Waals surface area contributed by atoms with Crippen molar-refractivity contribution >= 4 is 23.7 Å². The van der Waals surface area contributed by atoms with Crippen LogP contribution in [0.15, 0.2) is 24.3 Å². The summed E-state index contributed by atoms with van der Waals surface area (Å²) in [5, 5.41) is 3.50. The van der Waals surface area contributed by atoms with E-state index in [0.29, 0.717) is 6.61 Å². The number of allylic oxidation sites excluding steroid dienone is 1. The van der Waals surface area contributed by atoms with Crippen molar-refractivity contribution in [1.29, 1.82) is 0 Å². The zero-order valence-corrected chi connectivity index (χ0v) is 11.6. The standard InChI is InChI=1S/C14H19NO.ClH/c1-5-16-11-6-7-13-12(8-11)10(2)9-14(3,4)15-13;/h6-9,15H,5H2,1-4H3;1H. The van der Waals surface area contributed by atoms with E-state index in [4.69, 9.17) is 4.74 Å². The van der Waals surface area contributed by atoms with Gasteiger partial charge in [-0.1, -0.05) is 6.08 Å². The second kappa shape index (κ2) is 5.01. The van der Waals surface area contributed by atoms with Crippen LogP contribution in [0.2, 0.25) is 0 Å². The summed E-state index contributed by atoms with van der Waals surface area (Å²) >= 11 is 0. The molecule has 94 valence electrons. The smallest absolute Gasteiger partial charge is 0.120 e. The van der Waals surface area contributed by atoms with Gasteiger partial charge in [-0.3, -0.25) is 0 Å². The molecule has 0 aliphatic carbocycles. The first kappa shape index (κ1) is 13.9. The Hall–Kier alpha value is -1.15. The summed E-state index contributed by atoms with van der Waals surface area (Å²) in [4.78, 5) is 0. The summed E-state index contributed by atoms with van der Waals surface area (Å²) in [5.74, 6) is 0.940. The molecule has 1 aliphatic rings. The highest BCUT2D eigenvalue weighted by molar-refractivity contribution is 5.85. The first-order valence-corrected chi connectivity index (χ1v) is 5.77. The number of halogens is 1. The first-order chi connectivity index (χ1) is 7.52. The number of hydrogen-bond acceptors (Lipinski definition) is 2. The monoisotopic (exact) mass is 253 g/mol. The van der Waals surface area contributed by atoms with Crippen molar-refractivity contribution in [3.63, 3.8) is 0 Å². The van der Waals surface area contributed by atoms with Crippen LogP contribution in [-0.2, 0) is 0 Å². The molecule has 0 unspecified atom stereocenters. The third-order valence-corrected chi connectivity index (χ3v) is 2.76. The summed E-state index contributed by atoms with van der Waals surface area (Å²) in [6, 6.07) is 6.22. The molecule has 0 saturated heterocycles. The van der Waals surface area contributed by atoms with E-state index in [1.807, 2.05) is 13.0 Å². The maximum Gasteiger partial charge on any atom is 0.120 e. The Morgan fingerprint density at radius 1 is 1.29 bits per heavy atom. The summed E-state index contributed by atoms with van der Waals surface area (Å²) < 4.78 is 5.52. The molecule has 1 heterocycles. The average Bonchev–Trinajstić information content (AvgIpc) is 2.18. The van der Waals surface area contributed by atoms with E-state index in [-0.39, 0.29) is 17.9 Å². The highest BCUT2D eigenvalue weighted by Gasteiger charge is 2.22. The second-order valence-corrected chi connectivity index (χ2v) is 4.81. The number of hydrogen-bond donors (Lipinski definition) is 1. The van der Waals surface area contributed by atoms with Gasteiger partial charge in [-0.15, -0.1) is 12.4 Å². The van der Waals surface area contributed by atoms with Crippen LogP contribution < -0.4 is 10.1 Å². The lowest BCUT2D eigenvalue weighted by Gasteiger charge is -2.31. The van der Waals surface area contributed by atoms with Gasteiger partial charge in [0.05, 0.1) is 12.1 Å². The lowest BCUT2D eigenvalue weighted by atomic mass is 9.91. The predicted molar refractivity (Wildman–Crippen MR) is 76.2 cm³/mol. The molecular weight excluding hydrogens is 234 g/mol. The summed E-state index contributed by atoms with van der Waals surface area (Å²) in [6.07, 6.45) is 2.26. The quantitative estimate of drug-likeness (QED) is 0.856. The number of rotatable bonds is 2. The van der Waals surface area contributed by atoms with E-state index in [0.717, 1.165) is 5.75 Å². The summed E-state index contributed by atoms with van der Waals surface area (Å²) in [7, 11) is 0. The molecule has 2 rings (SSSR count). The lowest BCUT2D eigenvalue weighted by Crippen LogP contribution is -2.31. The van der Waals surface area contributed by atoms with Gasteiger partial charge in [0.2, 0.25) is 0 Å². The van der Waals surface area contributed by atoms with Crippen LogP contribution in [0, 0.1) is 0 Å². The number of benzene rings is 1. The lowest BCUT2D eigenvalue weighted by molar-refractivity contribution is 0.340. The molecule has 1 N–H and O–H groups in total. The van der Waals surface area contributed by atoms with Gasteiger partial charge in [-0.2, -0.15) is 0 Å². The maximum absolute atomic E-state index is 5.52. The van der Waals surface area contributed by atoms with Crippen LogP contribution in [0.1, 0.15) is 33.3 Å². The van der Waals surface area contributed by atoms with E-state index in [1.165, 1.54) is 16.8 Å². The molecule has 0 amide bonds. The van der Waals surface area contributed by atoms with Gasteiger partial charge in [-0.25, -0.2) is 0 Å². The zero-order valence-electron chi connectivity index (χ0n) is 10.8. The molecule has 1 aromatic rings. The van der Waals surface area contributed by atoms with Crippen LogP contribution in [0.5, 0.6) is 5.75 Å². The first-order valence-electron chi connectivity index (χ1n) is 5.77. The maximum atomic E-state index is 5.52. The highest BCUT2D eigenvalue weighted by atomic mass is 35.5. The fraction of sp³-hybridized carbons (Fsp3) is 0.429. The number of ether oxygens (including phenoxy) is 1. The second-order valence-electron chi connectivity index (χ2n) is 4.81. The predicted octanol–water partition coefficient (Wildman–Crippen LogP) is 4.11. The minimum absolute atomic E-state index is 0. The molecule has 0 fully saturated rings. The van der Waals surface area contributed by atoms with Crippen molar-refractivity contribution in [3.05, 3.63) is 29.8 Å². The molecular formula is C14H20ClNO. The minimum Gasteiger partial charge on any atom is -0.494 e. The molecule has 17 heavy (non-hydrogen) atoms. The number of anilines is 1. The fourth-order valence-corrected chi connectivity index (χ4v) is 2.22. The van der Waals surface area contributed by atoms with Gasteiger partial charge >= 0.3 is 0 Å². The molecule has 3 heteroatoms. The van der Waals surface area contributed by atoms with Gasteiger partial charge in [0.1, 0.15) is 5.75 Å². The fourth-order valence-electron chi connectivity index (χ4n) is 2.22. The van der Waals surface area contributed by atoms with E-state index in [9.17, 15) is 0 Å². The molecule has 1 aromatic carbocycles. The summed E-state index contributed by atoms with van der Waals surface area (Å²) in [5.41, 5.74) is 3.77. The van der Waals surface area contributed by atoms with Crippen molar-refractivity contribution in [2.45, 2.75) is 33.2 Å². The van der Waals surface area contributed by atoms with E-state index in [2.05, 4.69) is 44.3 Å². The Bertz CT molecular complexity index is 438. The number of nitrogens with one attached hydrogen (secondary N) is 1. The molecule has 1 aliphatic heterocycles. The van der Waals surface area contributed by atoms with Gasteiger partial charge < -0.3 is 10.1 Å². The van der Waals surface area contributed by atoms with Gasteiger partial charge in [0.25, 0.3) is 0 Å². The Labute approximate surface area is 109 Å². The third kappa shape index (κ3) is 2.95. The van der Waals surface area contributed by atoms with Crippen molar-refractivity contribution in [3.8, 4) is 5.75 Å². The highest BCUT2D eigenvalue weighted by Crippen LogP contribution is 2.35. The largest absolute Gasteiger partial charge is 0.494 e. The SMILES string of the molecule is CCOc1ccc2c(c1)C(C)=CC(C)(C)N2.Cl. The molecule has 2 nitrogen and oxygen atoms in total. The number of fused-ring (bicyclic) bond motifs is 1. The van der Waals surface area contributed by atoms with Crippen molar-refractivity contribution < 1.29 is 4.74 Å². The molecule has 0 aromatic heterocycles. The van der Waals surface area contributed by atoms with E-state index in [1.54, 1.807) is 0 Å². The van der Waals surface area contributed by atoms with Crippen molar-refractivity contribution in [2.75, 3.05) is 11.9 Å². The Morgan fingerprint density at radius 2 is 2.00 bits per heavy atom. The Morgan fingerprint density at radius 3 is 2.65 bits per heavy atom. The summed E-state index contributed by atoms with van der Waals surface area (Å²) in [6.45, 7) is 9.22. The van der Waals surface area contributed by atoms with E-state index < -0.39 is 0 Å².